The number of halogens is 1. The molecule has 0 aliphatic carbocycles. The van der Waals surface area contributed by atoms with Gasteiger partial charge in [0.2, 0.25) is 5.24 Å². The summed E-state index contributed by atoms with van der Waals surface area (Å²) in [5, 5.41) is -0.360. The molecule has 0 radical (unpaired) electrons. The monoisotopic (exact) mass is 342 g/mol. The van der Waals surface area contributed by atoms with Gasteiger partial charge in [-0.15, -0.1) is 0 Å². The molecular formula is C21H39ClO. The van der Waals surface area contributed by atoms with Gasteiger partial charge in [-0.3, -0.25) is 4.79 Å². The Morgan fingerprint density at radius 1 is 0.652 bits per heavy atom. The van der Waals surface area contributed by atoms with Crippen molar-refractivity contribution >= 4 is 16.8 Å². The highest BCUT2D eigenvalue weighted by Crippen LogP contribution is 2.14. The van der Waals surface area contributed by atoms with Crippen LogP contribution in [0.1, 0.15) is 116 Å². The molecule has 0 aliphatic rings. The molecule has 2 heteroatoms. The van der Waals surface area contributed by atoms with Gasteiger partial charge in [0.15, 0.2) is 0 Å². The van der Waals surface area contributed by atoms with Gasteiger partial charge in [0.25, 0.3) is 0 Å². The van der Waals surface area contributed by atoms with E-state index in [1.165, 1.54) is 109 Å². The SMILES string of the molecule is CCCCCCCCCCCCCCCCCC/C=C/C(=O)Cl. The molecule has 0 bridgehead atoms. The molecule has 0 fully saturated rings. The maximum absolute atomic E-state index is 10.5. The van der Waals surface area contributed by atoms with Gasteiger partial charge in [0, 0.05) is 0 Å². The minimum absolute atomic E-state index is 0.360. The Morgan fingerprint density at radius 2 is 1.00 bits per heavy atom. The van der Waals surface area contributed by atoms with Crippen LogP contribution in [0.15, 0.2) is 12.2 Å². The Balaban J connectivity index is 3.01. The van der Waals surface area contributed by atoms with E-state index in [1.54, 1.807) is 0 Å². The fourth-order valence-corrected chi connectivity index (χ4v) is 3.08. The van der Waals surface area contributed by atoms with Crippen LogP contribution in [0.5, 0.6) is 0 Å². The van der Waals surface area contributed by atoms with Crippen molar-refractivity contribution in [2.24, 2.45) is 0 Å². The van der Waals surface area contributed by atoms with Gasteiger partial charge in [-0.05, 0) is 30.5 Å². The van der Waals surface area contributed by atoms with Crippen LogP contribution in [0.25, 0.3) is 0 Å². The van der Waals surface area contributed by atoms with E-state index < -0.39 is 0 Å². The second-order valence-electron chi connectivity index (χ2n) is 6.80. The van der Waals surface area contributed by atoms with E-state index in [2.05, 4.69) is 6.92 Å². The number of carbonyl (C=O) groups is 1. The molecular weight excluding hydrogens is 304 g/mol. The predicted molar refractivity (Wildman–Crippen MR) is 104 cm³/mol. The molecule has 0 aromatic heterocycles. The molecule has 0 rings (SSSR count). The first-order chi connectivity index (χ1) is 11.3. The zero-order chi connectivity index (χ0) is 17.0. The van der Waals surface area contributed by atoms with E-state index in [9.17, 15) is 4.79 Å². The van der Waals surface area contributed by atoms with Crippen molar-refractivity contribution in [3.8, 4) is 0 Å². The maximum atomic E-state index is 10.5. The fourth-order valence-electron chi connectivity index (χ4n) is 2.99. The van der Waals surface area contributed by atoms with Crippen molar-refractivity contribution in [2.75, 3.05) is 0 Å². The number of carbonyl (C=O) groups excluding carboxylic acids is 1. The molecule has 23 heavy (non-hydrogen) atoms. The van der Waals surface area contributed by atoms with Gasteiger partial charge in [-0.2, -0.15) is 0 Å². The fraction of sp³-hybridized carbons (Fsp3) is 0.857. The number of hydrogen-bond donors (Lipinski definition) is 0. The number of unbranched alkanes of at least 4 members (excludes halogenated alkanes) is 16. The smallest absolute Gasteiger partial charge is 0.244 e. The molecule has 0 saturated heterocycles. The Labute approximate surface area is 150 Å². The van der Waals surface area contributed by atoms with Gasteiger partial charge in [-0.1, -0.05) is 109 Å². The Hall–Kier alpha value is -0.300. The third-order valence-electron chi connectivity index (χ3n) is 4.47. The van der Waals surface area contributed by atoms with Crippen molar-refractivity contribution in [1.82, 2.24) is 0 Å². The summed E-state index contributed by atoms with van der Waals surface area (Å²) >= 11 is 5.23. The lowest BCUT2D eigenvalue weighted by Crippen LogP contribution is -1.83. The molecule has 0 aromatic carbocycles. The largest absolute Gasteiger partial charge is 0.276 e. The zero-order valence-corrected chi connectivity index (χ0v) is 16.2. The molecule has 0 saturated carbocycles. The van der Waals surface area contributed by atoms with Crippen LogP contribution >= 0.6 is 11.6 Å². The summed E-state index contributed by atoms with van der Waals surface area (Å²) in [6.07, 6.45) is 26.6. The van der Waals surface area contributed by atoms with Gasteiger partial charge < -0.3 is 0 Å². The summed E-state index contributed by atoms with van der Waals surface area (Å²) in [7, 11) is 0. The molecule has 136 valence electrons. The molecule has 0 heterocycles. The van der Waals surface area contributed by atoms with E-state index in [-0.39, 0.29) is 5.24 Å². The van der Waals surface area contributed by atoms with Crippen LogP contribution in [0.2, 0.25) is 0 Å². The van der Waals surface area contributed by atoms with Crippen LogP contribution in [0.4, 0.5) is 0 Å². The normalized spacial score (nSPS) is 11.4. The second kappa shape index (κ2) is 19.7. The summed E-state index contributed by atoms with van der Waals surface area (Å²) in [6, 6.07) is 0. The van der Waals surface area contributed by atoms with Crippen molar-refractivity contribution in [1.29, 1.82) is 0 Å². The number of rotatable bonds is 18. The van der Waals surface area contributed by atoms with E-state index in [0.717, 1.165) is 6.42 Å². The summed E-state index contributed by atoms with van der Waals surface area (Å²) in [4.78, 5) is 10.5. The quantitative estimate of drug-likeness (QED) is 0.140. The molecule has 0 amide bonds. The van der Waals surface area contributed by atoms with Crippen LogP contribution < -0.4 is 0 Å². The maximum Gasteiger partial charge on any atom is 0.244 e. The average molecular weight is 343 g/mol. The van der Waals surface area contributed by atoms with Crippen molar-refractivity contribution in [3.63, 3.8) is 0 Å². The molecule has 0 aliphatic heterocycles. The van der Waals surface area contributed by atoms with Gasteiger partial charge >= 0.3 is 0 Å². The van der Waals surface area contributed by atoms with E-state index >= 15 is 0 Å². The van der Waals surface area contributed by atoms with Crippen LogP contribution in [-0.2, 0) is 4.79 Å². The molecule has 0 N–H and O–H groups in total. The van der Waals surface area contributed by atoms with Gasteiger partial charge in [-0.25, -0.2) is 0 Å². The molecule has 0 atom stereocenters. The molecule has 0 spiro atoms. The van der Waals surface area contributed by atoms with Crippen molar-refractivity contribution < 1.29 is 4.79 Å². The van der Waals surface area contributed by atoms with Gasteiger partial charge in [0.05, 0.1) is 0 Å². The third-order valence-corrected chi connectivity index (χ3v) is 4.60. The third kappa shape index (κ3) is 21.7. The van der Waals surface area contributed by atoms with Crippen LogP contribution in [0, 0.1) is 0 Å². The highest BCUT2D eigenvalue weighted by Gasteiger charge is 1.94. The first kappa shape index (κ1) is 22.7. The molecule has 1 nitrogen and oxygen atoms in total. The highest BCUT2D eigenvalue weighted by atomic mass is 35.5. The summed E-state index contributed by atoms with van der Waals surface area (Å²) < 4.78 is 0. The summed E-state index contributed by atoms with van der Waals surface area (Å²) in [5.41, 5.74) is 0. The lowest BCUT2D eigenvalue weighted by molar-refractivity contribution is -0.107. The Bertz CT molecular complexity index is 273. The first-order valence-electron chi connectivity index (χ1n) is 10.1. The predicted octanol–water partition coefficient (Wildman–Crippen LogP) is 7.96. The van der Waals surface area contributed by atoms with Crippen molar-refractivity contribution in [2.45, 2.75) is 116 Å². The Morgan fingerprint density at radius 3 is 1.35 bits per heavy atom. The van der Waals surface area contributed by atoms with E-state index in [4.69, 9.17) is 11.6 Å². The minimum Gasteiger partial charge on any atom is -0.276 e. The Kier molecular flexibility index (Phi) is 19.5. The zero-order valence-electron chi connectivity index (χ0n) is 15.5. The number of allylic oxidation sites excluding steroid dienone is 2. The molecule has 0 aromatic rings. The average Bonchev–Trinajstić information content (AvgIpc) is 2.53. The topological polar surface area (TPSA) is 17.1 Å². The molecule has 0 unspecified atom stereocenters. The second-order valence-corrected chi connectivity index (χ2v) is 7.17. The van der Waals surface area contributed by atoms with E-state index in [1.807, 2.05) is 6.08 Å². The van der Waals surface area contributed by atoms with Gasteiger partial charge in [0.1, 0.15) is 0 Å². The lowest BCUT2D eigenvalue weighted by atomic mass is 10.0. The standard InChI is InChI=1S/C21H39ClO/c1-2-3-4-5-6-7-8-9-10-11-12-13-14-15-16-17-18-19-20-21(22)23/h19-20H,2-18H2,1H3/b20-19+. The number of hydrogen-bond acceptors (Lipinski definition) is 1. The lowest BCUT2D eigenvalue weighted by Gasteiger charge is -2.03. The van der Waals surface area contributed by atoms with E-state index in [0.29, 0.717) is 0 Å². The van der Waals surface area contributed by atoms with Crippen molar-refractivity contribution in [3.05, 3.63) is 12.2 Å². The summed E-state index contributed by atoms with van der Waals surface area (Å²) in [5.74, 6) is 0. The first-order valence-corrected chi connectivity index (χ1v) is 10.5. The summed E-state index contributed by atoms with van der Waals surface area (Å²) in [6.45, 7) is 2.28. The van der Waals surface area contributed by atoms with Crippen LogP contribution in [-0.4, -0.2) is 5.24 Å². The minimum atomic E-state index is -0.360. The van der Waals surface area contributed by atoms with Crippen LogP contribution in [0.3, 0.4) is 0 Å². The highest BCUT2D eigenvalue weighted by molar-refractivity contribution is 6.66.